The summed E-state index contributed by atoms with van der Waals surface area (Å²) in [4.78, 5) is 0. The van der Waals surface area contributed by atoms with Gasteiger partial charge in [-0.1, -0.05) is 24.3 Å². The Morgan fingerprint density at radius 3 is 2.22 bits per heavy atom. The van der Waals surface area contributed by atoms with E-state index in [2.05, 4.69) is 65.5 Å². The van der Waals surface area contributed by atoms with Gasteiger partial charge in [-0.25, -0.2) is 0 Å². The first kappa shape index (κ1) is 15.7. The fourth-order valence-electron chi connectivity index (χ4n) is 3.31. The Hall–Kier alpha value is -2.20. The van der Waals surface area contributed by atoms with Crippen molar-refractivity contribution in [3.8, 4) is 16.9 Å². The number of hydrogen-bond acceptors (Lipinski definition) is 1. The third-order valence-electron chi connectivity index (χ3n) is 4.45. The number of ether oxygens (including phenoxy) is 1. The molecule has 4 rings (SSSR count). The lowest BCUT2D eigenvalue weighted by Gasteiger charge is -2.04. The normalized spacial score (nSPS) is 10.9. The summed E-state index contributed by atoms with van der Waals surface area (Å²) >= 11 is 0. The molecule has 0 spiro atoms. The summed E-state index contributed by atoms with van der Waals surface area (Å²) in [5.74, 6) is 0.885. The van der Waals surface area contributed by atoms with E-state index < -0.39 is 0 Å². The summed E-state index contributed by atoms with van der Waals surface area (Å²) < 4.78 is 9.79. The summed E-state index contributed by atoms with van der Waals surface area (Å²) in [7, 11) is 3.82. The largest absolute Gasteiger partial charge is 0.497 e. The van der Waals surface area contributed by atoms with Crippen LogP contribution in [0.15, 0.2) is 54.7 Å². The quantitative estimate of drug-likeness (QED) is 0.486. The van der Waals surface area contributed by atoms with Crippen LogP contribution in [0.3, 0.4) is 0 Å². The Balaban J connectivity index is 0.00000156. The molecule has 2 aromatic carbocycles. The Morgan fingerprint density at radius 2 is 1.57 bits per heavy atom. The van der Waals surface area contributed by atoms with Gasteiger partial charge in [-0.3, -0.25) is 0 Å². The highest BCUT2D eigenvalue weighted by Crippen LogP contribution is 2.32. The van der Waals surface area contributed by atoms with Crippen LogP contribution >= 0.6 is 17.0 Å². The lowest BCUT2D eigenvalue weighted by atomic mass is 10.1. The highest BCUT2D eigenvalue weighted by atomic mass is 79.9. The van der Waals surface area contributed by atoms with Gasteiger partial charge in [-0.2, -0.15) is 0 Å². The van der Waals surface area contributed by atoms with Crippen LogP contribution in [0, 0.1) is 6.92 Å². The first-order valence-corrected chi connectivity index (χ1v) is 7.40. The molecular formula is C19H19BrN2O. The van der Waals surface area contributed by atoms with Crippen molar-refractivity contribution in [3.63, 3.8) is 0 Å². The highest BCUT2D eigenvalue weighted by Gasteiger charge is 2.15. The molecule has 0 amide bonds. The van der Waals surface area contributed by atoms with Gasteiger partial charge >= 0.3 is 0 Å². The number of benzene rings is 2. The van der Waals surface area contributed by atoms with E-state index in [4.69, 9.17) is 4.74 Å². The minimum absolute atomic E-state index is 0. The molecule has 0 N–H and O–H groups in total. The average Bonchev–Trinajstić information content (AvgIpc) is 3.05. The number of imidazole rings is 1. The van der Waals surface area contributed by atoms with E-state index in [-0.39, 0.29) is 17.0 Å². The fraction of sp³-hybridized carbons (Fsp3) is 0.158. The molecule has 0 fully saturated rings. The average molecular weight is 371 g/mol. The number of hydrogen-bond donors (Lipinski definition) is 0. The molecule has 4 heteroatoms. The minimum Gasteiger partial charge on any atom is -0.497 e. The number of aryl methyl sites for hydroxylation is 2. The standard InChI is InChI=1S/C19H18N2O.BrH/c1-13-16(14-8-10-15(22-3)11-9-14)12-21-18-7-5-4-6-17(18)20(2)19(13)21;/h4-12H,1-3H3;1H. The molecule has 0 bridgehead atoms. The molecule has 0 aliphatic carbocycles. The smallest absolute Gasteiger partial charge is 0.121 e. The van der Waals surface area contributed by atoms with Gasteiger partial charge in [0, 0.05) is 18.8 Å². The molecule has 0 saturated heterocycles. The van der Waals surface area contributed by atoms with E-state index in [1.165, 1.54) is 33.4 Å². The number of aromatic nitrogens is 2. The van der Waals surface area contributed by atoms with Crippen LogP contribution in [-0.2, 0) is 7.05 Å². The highest BCUT2D eigenvalue weighted by molar-refractivity contribution is 8.93. The number of para-hydroxylation sites is 2. The summed E-state index contributed by atoms with van der Waals surface area (Å²) in [6.45, 7) is 2.19. The molecule has 0 aliphatic rings. The summed E-state index contributed by atoms with van der Waals surface area (Å²) in [5.41, 5.74) is 7.51. The lowest BCUT2D eigenvalue weighted by Crippen LogP contribution is -1.89. The molecular weight excluding hydrogens is 352 g/mol. The SMILES string of the molecule is Br.COc1ccc(-c2cn3c4ccccc4n(C)c3c2C)cc1. The molecule has 3 nitrogen and oxygen atoms in total. The van der Waals surface area contributed by atoms with Gasteiger partial charge in [0.15, 0.2) is 0 Å². The fourth-order valence-corrected chi connectivity index (χ4v) is 3.31. The van der Waals surface area contributed by atoms with Crippen LogP contribution in [0.2, 0.25) is 0 Å². The van der Waals surface area contributed by atoms with Crippen molar-refractivity contribution in [3.05, 3.63) is 60.3 Å². The van der Waals surface area contributed by atoms with E-state index in [1.54, 1.807) is 7.11 Å². The second-order valence-electron chi connectivity index (χ2n) is 5.64. The van der Waals surface area contributed by atoms with Crippen molar-refractivity contribution in [1.82, 2.24) is 8.97 Å². The zero-order chi connectivity index (χ0) is 15.3. The van der Waals surface area contributed by atoms with E-state index >= 15 is 0 Å². The van der Waals surface area contributed by atoms with Crippen LogP contribution in [0.1, 0.15) is 5.56 Å². The predicted octanol–water partition coefficient (Wildman–Crippen LogP) is 4.99. The summed E-state index contributed by atoms with van der Waals surface area (Å²) in [6.07, 6.45) is 2.23. The second-order valence-corrected chi connectivity index (χ2v) is 5.64. The summed E-state index contributed by atoms with van der Waals surface area (Å²) in [5, 5.41) is 0. The topological polar surface area (TPSA) is 18.6 Å². The van der Waals surface area contributed by atoms with Gasteiger partial charge in [0.25, 0.3) is 0 Å². The van der Waals surface area contributed by atoms with Crippen LogP contribution in [-0.4, -0.2) is 16.1 Å². The maximum absolute atomic E-state index is 5.25. The van der Waals surface area contributed by atoms with E-state index in [1.807, 2.05) is 12.1 Å². The van der Waals surface area contributed by atoms with Gasteiger partial charge in [-0.15, -0.1) is 17.0 Å². The number of nitrogens with zero attached hydrogens (tertiary/aromatic N) is 2. The molecule has 4 aromatic rings. The minimum atomic E-state index is 0. The Morgan fingerprint density at radius 1 is 0.913 bits per heavy atom. The van der Waals surface area contributed by atoms with Gasteiger partial charge in [-0.05, 0) is 42.3 Å². The zero-order valence-corrected chi connectivity index (χ0v) is 15.1. The second kappa shape index (κ2) is 5.78. The Bertz CT molecular complexity index is 980. The van der Waals surface area contributed by atoms with Crippen molar-refractivity contribution >= 4 is 33.7 Å². The van der Waals surface area contributed by atoms with Crippen molar-refractivity contribution < 1.29 is 4.74 Å². The number of halogens is 1. The maximum atomic E-state index is 5.25. The van der Waals surface area contributed by atoms with Crippen molar-refractivity contribution in [2.24, 2.45) is 7.05 Å². The monoisotopic (exact) mass is 370 g/mol. The van der Waals surface area contributed by atoms with Crippen LogP contribution in [0.4, 0.5) is 0 Å². The van der Waals surface area contributed by atoms with E-state index in [0.29, 0.717) is 0 Å². The van der Waals surface area contributed by atoms with Crippen LogP contribution < -0.4 is 4.74 Å². The van der Waals surface area contributed by atoms with Crippen LogP contribution in [0.25, 0.3) is 27.8 Å². The zero-order valence-electron chi connectivity index (χ0n) is 13.4. The molecule has 0 atom stereocenters. The van der Waals surface area contributed by atoms with Crippen molar-refractivity contribution in [2.75, 3.05) is 7.11 Å². The molecule has 0 aliphatic heterocycles. The third kappa shape index (κ3) is 2.25. The number of methoxy groups -OCH3 is 1. The van der Waals surface area contributed by atoms with E-state index in [0.717, 1.165) is 5.75 Å². The van der Waals surface area contributed by atoms with E-state index in [9.17, 15) is 0 Å². The third-order valence-corrected chi connectivity index (χ3v) is 4.45. The maximum Gasteiger partial charge on any atom is 0.121 e. The van der Waals surface area contributed by atoms with Gasteiger partial charge in [0.2, 0.25) is 0 Å². The Labute approximate surface area is 145 Å². The van der Waals surface area contributed by atoms with Gasteiger partial charge < -0.3 is 13.7 Å². The first-order chi connectivity index (χ1) is 10.7. The molecule has 0 unspecified atom stereocenters. The molecule has 23 heavy (non-hydrogen) atoms. The van der Waals surface area contributed by atoms with Gasteiger partial charge in [0.1, 0.15) is 11.4 Å². The lowest BCUT2D eigenvalue weighted by molar-refractivity contribution is 0.415. The first-order valence-electron chi connectivity index (χ1n) is 7.40. The molecule has 2 heterocycles. The molecule has 118 valence electrons. The summed E-state index contributed by atoms with van der Waals surface area (Å²) in [6, 6.07) is 16.7. The Kier molecular flexibility index (Phi) is 3.94. The molecule has 0 saturated carbocycles. The molecule has 2 aromatic heterocycles. The number of fused-ring (bicyclic) bond motifs is 3. The van der Waals surface area contributed by atoms with Crippen molar-refractivity contribution in [1.29, 1.82) is 0 Å². The van der Waals surface area contributed by atoms with Gasteiger partial charge in [0.05, 0.1) is 18.1 Å². The molecule has 0 radical (unpaired) electrons. The van der Waals surface area contributed by atoms with Crippen molar-refractivity contribution in [2.45, 2.75) is 6.92 Å². The van der Waals surface area contributed by atoms with Crippen LogP contribution in [0.5, 0.6) is 5.75 Å². The predicted molar refractivity (Wildman–Crippen MR) is 101 cm³/mol. The number of rotatable bonds is 2.